The quantitative estimate of drug-likeness (QED) is 0.848. The van der Waals surface area contributed by atoms with Gasteiger partial charge in [0.25, 0.3) is 0 Å². The van der Waals surface area contributed by atoms with Crippen LogP contribution < -0.4 is 10.2 Å². The Morgan fingerprint density at radius 3 is 2.32 bits per heavy atom. The number of carbonyl (C=O) groups is 2. The molecule has 5 heteroatoms. The number of nitrogens with zero attached hydrogens (tertiary/aromatic N) is 1. The van der Waals surface area contributed by atoms with E-state index in [0.29, 0.717) is 18.1 Å². The Labute approximate surface area is 153 Å². The molecule has 2 amide bonds. The molecular formula is C20H23ClN2O2. The Hall–Kier alpha value is -2.33. The number of amides is 2. The van der Waals surface area contributed by atoms with Crippen molar-refractivity contribution in [3.05, 3.63) is 64.2 Å². The summed E-state index contributed by atoms with van der Waals surface area (Å²) >= 11 is 6.08. The van der Waals surface area contributed by atoms with Crippen LogP contribution in [0.3, 0.4) is 0 Å². The molecule has 4 nitrogen and oxygen atoms in total. The summed E-state index contributed by atoms with van der Waals surface area (Å²) in [7, 11) is 0. The average molecular weight is 359 g/mol. The van der Waals surface area contributed by atoms with E-state index in [1.165, 1.54) is 6.92 Å². The molecule has 0 radical (unpaired) electrons. The highest BCUT2D eigenvalue weighted by Crippen LogP contribution is 2.19. The first-order valence-electron chi connectivity index (χ1n) is 8.23. The topological polar surface area (TPSA) is 49.4 Å². The van der Waals surface area contributed by atoms with Crippen molar-refractivity contribution in [2.24, 2.45) is 0 Å². The summed E-state index contributed by atoms with van der Waals surface area (Å²) in [5.41, 5.74) is 3.87. The van der Waals surface area contributed by atoms with Gasteiger partial charge in [-0.15, -0.1) is 0 Å². The third kappa shape index (κ3) is 5.61. The van der Waals surface area contributed by atoms with E-state index in [2.05, 4.69) is 11.4 Å². The average Bonchev–Trinajstić information content (AvgIpc) is 2.53. The molecule has 25 heavy (non-hydrogen) atoms. The van der Waals surface area contributed by atoms with E-state index in [0.717, 1.165) is 22.4 Å². The van der Waals surface area contributed by atoms with Crippen molar-refractivity contribution < 1.29 is 9.59 Å². The van der Waals surface area contributed by atoms with E-state index >= 15 is 0 Å². The molecule has 0 atom stereocenters. The highest BCUT2D eigenvalue weighted by Gasteiger charge is 2.14. The van der Waals surface area contributed by atoms with Crippen LogP contribution in [0.2, 0.25) is 5.02 Å². The molecule has 0 fully saturated rings. The third-order valence-electron chi connectivity index (χ3n) is 3.89. The Morgan fingerprint density at radius 1 is 1.08 bits per heavy atom. The van der Waals surface area contributed by atoms with Crippen LogP contribution in [0.1, 0.15) is 30.0 Å². The van der Waals surface area contributed by atoms with Gasteiger partial charge in [-0.25, -0.2) is 0 Å². The summed E-state index contributed by atoms with van der Waals surface area (Å²) in [6.07, 6.45) is 0.233. The molecule has 0 heterocycles. The first-order chi connectivity index (χ1) is 11.9. The van der Waals surface area contributed by atoms with Crippen LogP contribution in [0.5, 0.6) is 0 Å². The Balaban J connectivity index is 1.95. The van der Waals surface area contributed by atoms with Gasteiger partial charge < -0.3 is 10.2 Å². The molecule has 1 N–H and O–H groups in total. The number of anilines is 1. The number of halogens is 1. The minimum absolute atomic E-state index is 0.0797. The number of aryl methyl sites for hydroxylation is 2. The van der Waals surface area contributed by atoms with Crippen LogP contribution >= 0.6 is 11.6 Å². The number of nitrogens with one attached hydrogen (secondary N) is 1. The molecule has 0 aliphatic rings. The van der Waals surface area contributed by atoms with Gasteiger partial charge in [-0.3, -0.25) is 9.59 Å². The summed E-state index contributed by atoms with van der Waals surface area (Å²) in [6, 6.07) is 13.4. The lowest BCUT2D eigenvalue weighted by Gasteiger charge is -2.22. The summed E-state index contributed by atoms with van der Waals surface area (Å²) < 4.78 is 0. The zero-order valence-corrected chi connectivity index (χ0v) is 15.6. The van der Waals surface area contributed by atoms with Crippen molar-refractivity contribution in [1.29, 1.82) is 0 Å². The molecule has 0 saturated heterocycles. The third-order valence-corrected chi connectivity index (χ3v) is 4.26. The van der Waals surface area contributed by atoms with Crippen molar-refractivity contribution >= 4 is 29.1 Å². The lowest BCUT2D eigenvalue weighted by atomic mass is 10.1. The SMILES string of the molecule is CC(=O)N(CCC(=O)NCc1ccccc1Cl)c1cc(C)cc(C)c1. The molecular weight excluding hydrogens is 336 g/mol. The molecule has 2 aromatic rings. The lowest BCUT2D eigenvalue weighted by Crippen LogP contribution is -2.33. The normalized spacial score (nSPS) is 10.4. The summed E-state index contributed by atoms with van der Waals surface area (Å²) in [6.45, 7) is 6.21. The van der Waals surface area contributed by atoms with Crippen molar-refractivity contribution in [3.8, 4) is 0 Å². The van der Waals surface area contributed by atoms with E-state index in [1.54, 1.807) is 11.0 Å². The smallest absolute Gasteiger partial charge is 0.223 e. The van der Waals surface area contributed by atoms with Gasteiger partial charge in [-0.1, -0.05) is 35.9 Å². The maximum absolute atomic E-state index is 12.1. The molecule has 2 aromatic carbocycles. The highest BCUT2D eigenvalue weighted by molar-refractivity contribution is 6.31. The summed E-state index contributed by atoms with van der Waals surface area (Å²) in [4.78, 5) is 25.7. The largest absolute Gasteiger partial charge is 0.352 e. The van der Waals surface area contributed by atoms with Crippen LogP contribution in [0.15, 0.2) is 42.5 Å². The predicted molar refractivity (Wildman–Crippen MR) is 102 cm³/mol. The first kappa shape index (κ1) is 19.0. The number of benzene rings is 2. The summed E-state index contributed by atoms with van der Waals surface area (Å²) in [5.74, 6) is -0.195. The fraction of sp³-hybridized carbons (Fsp3) is 0.300. The number of rotatable bonds is 6. The monoisotopic (exact) mass is 358 g/mol. The van der Waals surface area contributed by atoms with Crippen molar-refractivity contribution in [2.75, 3.05) is 11.4 Å². The second-order valence-corrected chi connectivity index (χ2v) is 6.54. The van der Waals surface area contributed by atoms with Gasteiger partial charge in [0.1, 0.15) is 0 Å². The van der Waals surface area contributed by atoms with E-state index in [1.807, 2.05) is 44.2 Å². The van der Waals surface area contributed by atoms with Crippen LogP contribution in [-0.2, 0) is 16.1 Å². The van der Waals surface area contributed by atoms with Gasteiger partial charge in [0.15, 0.2) is 0 Å². The number of hydrogen-bond acceptors (Lipinski definition) is 2. The molecule has 0 aliphatic heterocycles. The maximum atomic E-state index is 12.1. The zero-order valence-electron chi connectivity index (χ0n) is 14.8. The van der Waals surface area contributed by atoms with Crippen LogP contribution in [0.25, 0.3) is 0 Å². The number of hydrogen-bond donors (Lipinski definition) is 1. The highest BCUT2D eigenvalue weighted by atomic mass is 35.5. The van der Waals surface area contributed by atoms with E-state index in [9.17, 15) is 9.59 Å². The molecule has 0 unspecified atom stereocenters. The Morgan fingerprint density at radius 2 is 1.72 bits per heavy atom. The molecule has 0 aliphatic carbocycles. The number of carbonyl (C=O) groups excluding carboxylic acids is 2. The Bertz CT molecular complexity index is 754. The molecule has 0 aromatic heterocycles. The van der Waals surface area contributed by atoms with Crippen molar-refractivity contribution in [2.45, 2.75) is 33.7 Å². The van der Waals surface area contributed by atoms with Gasteiger partial charge in [-0.2, -0.15) is 0 Å². The Kier molecular flexibility index (Phi) is 6.59. The van der Waals surface area contributed by atoms with E-state index in [-0.39, 0.29) is 18.2 Å². The standard InChI is InChI=1S/C20H23ClN2O2/c1-14-10-15(2)12-18(11-14)23(16(3)24)9-8-20(25)22-13-17-6-4-5-7-19(17)21/h4-7,10-12H,8-9,13H2,1-3H3,(H,22,25). The molecule has 132 valence electrons. The zero-order chi connectivity index (χ0) is 18.4. The molecule has 0 spiro atoms. The van der Waals surface area contributed by atoms with Crippen LogP contribution in [-0.4, -0.2) is 18.4 Å². The fourth-order valence-corrected chi connectivity index (χ4v) is 2.91. The summed E-state index contributed by atoms with van der Waals surface area (Å²) in [5, 5.41) is 3.48. The predicted octanol–water partition coefficient (Wildman–Crippen LogP) is 4.02. The molecule has 2 rings (SSSR count). The van der Waals surface area contributed by atoms with Gasteiger partial charge in [-0.05, 0) is 48.7 Å². The van der Waals surface area contributed by atoms with Crippen molar-refractivity contribution in [3.63, 3.8) is 0 Å². The first-order valence-corrected chi connectivity index (χ1v) is 8.61. The second kappa shape index (κ2) is 8.67. The minimum atomic E-state index is -0.115. The van der Waals surface area contributed by atoms with Crippen LogP contribution in [0, 0.1) is 13.8 Å². The van der Waals surface area contributed by atoms with E-state index < -0.39 is 0 Å². The maximum Gasteiger partial charge on any atom is 0.223 e. The van der Waals surface area contributed by atoms with Crippen LogP contribution in [0.4, 0.5) is 5.69 Å². The van der Waals surface area contributed by atoms with Gasteiger partial charge in [0, 0.05) is 37.1 Å². The van der Waals surface area contributed by atoms with Gasteiger partial charge in [0.2, 0.25) is 11.8 Å². The fourth-order valence-electron chi connectivity index (χ4n) is 2.71. The minimum Gasteiger partial charge on any atom is -0.352 e. The van der Waals surface area contributed by atoms with E-state index in [4.69, 9.17) is 11.6 Å². The van der Waals surface area contributed by atoms with Gasteiger partial charge in [0.05, 0.1) is 0 Å². The molecule has 0 saturated carbocycles. The second-order valence-electron chi connectivity index (χ2n) is 6.13. The lowest BCUT2D eigenvalue weighted by molar-refractivity contribution is -0.121. The molecule has 0 bridgehead atoms. The van der Waals surface area contributed by atoms with Crippen molar-refractivity contribution in [1.82, 2.24) is 5.32 Å². The van der Waals surface area contributed by atoms with Gasteiger partial charge >= 0.3 is 0 Å².